The molecule has 1 N–H and O–H groups in total. The highest BCUT2D eigenvalue weighted by atomic mass is 35.5. The molecule has 1 heterocycles. The van der Waals surface area contributed by atoms with E-state index in [0.717, 1.165) is 25.7 Å². The van der Waals surface area contributed by atoms with Crippen molar-refractivity contribution in [2.45, 2.75) is 38.7 Å². The number of aliphatic hydroxyl groups is 1. The highest BCUT2D eigenvalue weighted by Crippen LogP contribution is 2.24. The van der Waals surface area contributed by atoms with E-state index in [0.29, 0.717) is 10.7 Å². The van der Waals surface area contributed by atoms with Crippen LogP contribution in [-0.2, 0) is 0 Å². The molecular weight excluding hydrogens is 198 g/mol. The monoisotopic (exact) mass is 213 g/mol. The van der Waals surface area contributed by atoms with Gasteiger partial charge in [-0.1, -0.05) is 37.8 Å². The number of unbranched alkanes of at least 4 members (excludes halogenated alkanes) is 2. The van der Waals surface area contributed by atoms with Crippen LogP contribution in [0.15, 0.2) is 18.3 Å². The third kappa shape index (κ3) is 3.28. The van der Waals surface area contributed by atoms with Gasteiger partial charge < -0.3 is 5.11 Å². The fourth-order valence-corrected chi connectivity index (χ4v) is 1.61. The van der Waals surface area contributed by atoms with Gasteiger partial charge in [-0.15, -0.1) is 0 Å². The number of halogens is 1. The lowest BCUT2D eigenvalue weighted by Gasteiger charge is -2.10. The minimum atomic E-state index is -0.518. The van der Waals surface area contributed by atoms with Gasteiger partial charge >= 0.3 is 0 Å². The van der Waals surface area contributed by atoms with E-state index in [1.807, 2.05) is 0 Å². The van der Waals surface area contributed by atoms with E-state index in [1.54, 1.807) is 18.3 Å². The SMILES string of the molecule is CCCCCC(O)c1ncccc1Cl. The van der Waals surface area contributed by atoms with Crippen molar-refractivity contribution in [3.05, 3.63) is 29.0 Å². The lowest BCUT2D eigenvalue weighted by Crippen LogP contribution is -2.00. The smallest absolute Gasteiger partial charge is 0.0974 e. The average Bonchev–Trinajstić information content (AvgIpc) is 2.18. The average molecular weight is 214 g/mol. The predicted molar refractivity (Wildman–Crippen MR) is 58.3 cm³/mol. The second-order valence-electron chi connectivity index (χ2n) is 3.38. The van der Waals surface area contributed by atoms with Crippen LogP contribution in [0.1, 0.15) is 44.4 Å². The molecule has 1 aromatic heterocycles. The Balaban J connectivity index is 2.51. The van der Waals surface area contributed by atoms with Crippen LogP contribution in [0.4, 0.5) is 0 Å². The van der Waals surface area contributed by atoms with Crippen LogP contribution in [0.5, 0.6) is 0 Å². The second kappa shape index (κ2) is 5.99. The molecule has 0 saturated carbocycles. The van der Waals surface area contributed by atoms with E-state index in [2.05, 4.69) is 11.9 Å². The molecule has 78 valence electrons. The van der Waals surface area contributed by atoms with Crippen molar-refractivity contribution < 1.29 is 5.11 Å². The Morgan fingerprint density at radius 1 is 1.50 bits per heavy atom. The summed E-state index contributed by atoms with van der Waals surface area (Å²) >= 11 is 5.91. The van der Waals surface area contributed by atoms with E-state index in [-0.39, 0.29) is 0 Å². The topological polar surface area (TPSA) is 33.1 Å². The number of pyridine rings is 1. The molecule has 0 aromatic carbocycles. The van der Waals surface area contributed by atoms with Gasteiger partial charge in [-0.25, -0.2) is 0 Å². The molecule has 0 fully saturated rings. The number of rotatable bonds is 5. The summed E-state index contributed by atoms with van der Waals surface area (Å²) in [6.45, 7) is 2.14. The first-order valence-electron chi connectivity index (χ1n) is 5.04. The normalized spacial score (nSPS) is 12.8. The van der Waals surface area contributed by atoms with Gasteiger partial charge in [0, 0.05) is 6.20 Å². The summed E-state index contributed by atoms with van der Waals surface area (Å²) in [5, 5.41) is 10.3. The van der Waals surface area contributed by atoms with Crippen LogP contribution in [0, 0.1) is 0 Å². The van der Waals surface area contributed by atoms with Crippen LogP contribution in [0.2, 0.25) is 5.02 Å². The van der Waals surface area contributed by atoms with Crippen LogP contribution in [-0.4, -0.2) is 10.1 Å². The number of hydrogen-bond donors (Lipinski definition) is 1. The molecule has 3 heteroatoms. The lowest BCUT2D eigenvalue weighted by molar-refractivity contribution is 0.159. The van der Waals surface area contributed by atoms with Crippen LogP contribution in [0.25, 0.3) is 0 Å². The maximum Gasteiger partial charge on any atom is 0.0974 e. The first-order chi connectivity index (χ1) is 6.75. The van der Waals surface area contributed by atoms with Crippen molar-refractivity contribution in [3.63, 3.8) is 0 Å². The maximum atomic E-state index is 9.78. The minimum absolute atomic E-state index is 0.518. The number of aromatic nitrogens is 1. The summed E-state index contributed by atoms with van der Waals surface area (Å²) < 4.78 is 0. The second-order valence-corrected chi connectivity index (χ2v) is 3.79. The fourth-order valence-electron chi connectivity index (χ4n) is 1.37. The Hall–Kier alpha value is -0.600. The molecule has 0 radical (unpaired) electrons. The van der Waals surface area contributed by atoms with Crippen LogP contribution < -0.4 is 0 Å². The first-order valence-corrected chi connectivity index (χ1v) is 5.42. The zero-order chi connectivity index (χ0) is 10.4. The molecule has 0 aliphatic carbocycles. The molecule has 14 heavy (non-hydrogen) atoms. The molecule has 0 saturated heterocycles. The standard InChI is InChI=1S/C11H16ClNO/c1-2-3-4-7-10(14)11-9(12)6-5-8-13-11/h5-6,8,10,14H,2-4,7H2,1H3. The van der Waals surface area contributed by atoms with Gasteiger partial charge in [-0.2, -0.15) is 0 Å². The van der Waals surface area contributed by atoms with Gasteiger partial charge in [0.2, 0.25) is 0 Å². The van der Waals surface area contributed by atoms with Crippen molar-refractivity contribution in [1.82, 2.24) is 4.98 Å². The van der Waals surface area contributed by atoms with Gasteiger partial charge in [-0.05, 0) is 18.6 Å². The van der Waals surface area contributed by atoms with Crippen molar-refractivity contribution in [2.24, 2.45) is 0 Å². The van der Waals surface area contributed by atoms with Gasteiger partial charge in [-0.3, -0.25) is 4.98 Å². The Morgan fingerprint density at radius 3 is 2.93 bits per heavy atom. The number of hydrogen-bond acceptors (Lipinski definition) is 2. The molecule has 2 nitrogen and oxygen atoms in total. The summed E-state index contributed by atoms with van der Waals surface area (Å²) in [5.41, 5.74) is 0.602. The first kappa shape index (κ1) is 11.5. The zero-order valence-corrected chi connectivity index (χ0v) is 9.17. The highest BCUT2D eigenvalue weighted by molar-refractivity contribution is 6.31. The largest absolute Gasteiger partial charge is 0.387 e. The highest BCUT2D eigenvalue weighted by Gasteiger charge is 2.11. The molecule has 1 unspecified atom stereocenters. The van der Waals surface area contributed by atoms with E-state index < -0.39 is 6.10 Å². The van der Waals surface area contributed by atoms with Gasteiger partial charge in [0.1, 0.15) is 0 Å². The third-order valence-electron chi connectivity index (χ3n) is 2.18. The van der Waals surface area contributed by atoms with Crippen LogP contribution in [0.3, 0.4) is 0 Å². The summed E-state index contributed by atoms with van der Waals surface area (Å²) in [5.74, 6) is 0. The van der Waals surface area contributed by atoms with Crippen molar-refractivity contribution in [1.29, 1.82) is 0 Å². The predicted octanol–water partition coefficient (Wildman–Crippen LogP) is 3.35. The number of nitrogens with zero attached hydrogens (tertiary/aromatic N) is 1. The van der Waals surface area contributed by atoms with E-state index >= 15 is 0 Å². The van der Waals surface area contributed by atoms with Gasteiger partial charge in [0.15, 0.2) is 0 Å². The lowest BCUT2D eigenvalue weighted by atomic mass is 10.1. The molecule has 0 aliphatic rings. The summed E-state index contributed by atoms with van der Waals surface area (Å²) in [6.07, 6.45) is 5.19. The third-order valence-corrected chi connectivity index (χ3v) is 2.50. The molecule has 1 rings (SSSR count). The zero-order valence-electron chi connectivity index (χ0n) is 8.41. The van der Waals surface area contributed by atoms with E-state index in [4.69, 9.17) is 11.6 Å². The summed E-state index contributed by atoms with van der Waals surface area (Å²) in [7, 11) is 0. The minimum Gasteiger partial charge on any atom is -0.387 e. The van der Waals surface area contributed by atoms with E-state index in [9.17, 15) is 5.11 Å². The fraction of sp³-hybridized carbons (Fsp3) is 0.545. The quantitative estimate of drug-likeness (QED) is 0.761. The Morgan fingerprint density at radius 2 is 2.29 bits per heavy atom. The molecule has 1 atom stereocenters. The molecule has 0 bridgehead atoms. The molecule has 1 aromatic rings. The molecule has 0 aliphatic heterocycles. The molecule has 0 amide bonds. The Kier molecular flexibility index (Phi) is 4.91. The molecule has 0 spiro atoms. The summed E-state index contributed by atoms with van der Waals surface area (Å²) in [4.78, 5) is 4.07. The number of aliphatic hydroxyl groups excluding tert-OH is 1. The van der Waals surface area contributed by atoms with E-state index in [1.165, 1.54) is 0 Å². The summed E-state index contributed by atoms with van der Waals surface area (Å²) in [6, 6.07) is 3.53. The van der Waals surface area contributed by atoms with Gasteiger partial charge in [0.05, 0.1) is 16.8 Å². The van der Waals surface area contributed by atoms with Crippen molar-refractivity contribution >= 4 is 11.6 Å². The van der Waals surface area contributed by atoms with Crippen molar-refractivity contribution in [2.75, 3.05) is 0 Å². The van der Waals surface area contributed by atoms with Crippen LogP contribution >= 0.6 is 11.6 Å². The Labute approximate surface area is 89.9 Å². The van der Waals surface area contributed by atoms with Crippen molar-refractivity contribution in [3.8, 4) is 0 Å². The van der Waals surface area contributed by atoms with Gasteiger partial charge in [0.25, 0.3) is 0 Å². The maximum absolute atomic E-state index is 9.78. The Bertz CT molecular complexity index is 278. The molecular formula is C11H16ClNO.